The molecule has 0 aromatic carbocycles. The van der Waals surface area contributed by atoms with Gasteiger partial charge in [-0.1, -0.05) is 0 Å². The van der Waals surface area contributed by atoms with E-state index < -0.39 is 0 Å². The molecule has 1 amide bonds. The summed E-state index contributed by atoms with van der Waals surface area (Å²) in [5.41, 5.74) is 7.13. The molecule has 0 spiro atoms. The summed E-state index contributed by atoms with van der Waals surface area (Å²) < 4.78 is 1.72. The fourth-order valence-electron chi connectivity index (χ4n) is 1.76. The number of carbonyl (C=O) groups excluding carboxylic acids is 1. The van der Waals surface area contributed by atoms with E-state index in [1.807, 2.05) is 18.9 Å². The highest BCUT2D eigenvalue weighted by Crippen LogP contribution is 2.18. The highest BCUT2D eigenvalue weighted by molar-refractivity contribution is 5.95. The molecule has 0 radical (unpaired) electrons. The van der Waals surface area contributed by atoms with E-state index >= 15 is 0 Å². The molecule has 1 aromatic rings. The van der Waals surface area contributed by atoms with Crippen molar-refractivity contribution in [2.24, 2.45) is 18.7 Å². The number of amides is 1. The molecule has 1 aliphatic rings. The molecule has 15 heavy (non-hydrogen) atoms. The Balaban J connectivity index is 2.07. The molecule has 82 valence electrons. The highest BCUT2D eigenvalue weighted by Gasteiger charge is 2.31. The summed E-state index contributed by atoms with van der Waals surface area (Å²) in [6.07, 6.45) is 1.63. The van der Waals surface area contributed by atoms with Crippen LogP contribution in [-0.2, 0) is 7.05 Å². The maximum atomic E-state index is 12.0. The van der Waals surface area contributed by atoms with Gasteiger partial charge < -0.3 is 10.6 Å². The maximum absolute atomic E-state index is 12.0. The van der Waals surface area contributed by atoms with Crippen LogP contribution < -0.4 is 5.73 Å². The topological polar surface area (TPSA) is 64.2 Å². The molecule has 1 fully saturated rings. The molecule has 5 heteroatoms. The monoisotopic (exact) mass is 208 g/mol. The van der Waals surface area contributed by atoms with Crippen LogP contribution in [0.2, 0.25) is 0 Å². The Morgan fingerprint density at radius 2 is 2.33 bits per heavy atom. The number of nitrogens with two attached hydrogens (primary N) is 1. The summed E-state index contributed by atoms with van der Waals surface area (Å²) in [6.45, 7) is 4.13. The minimum absolute atomic E-state index is 0.0744. The van der Waals surface area contributed by atoms with Gasteiger partial charge in [0, 0.05) is 31.7 Å². The SMILES string of the molecule is Cc1c(C(=O)N2CC(CN)C2)cnn1C. The first kappa shape index (κ1) is 10.2. The molecule has 2 heterocycles. The van der Waals surface area contributed by atoms with Gasteiger partial charge in [0.25, 0.3) is 5.91 Å². The first-order chi connectivity index (χ1) is 7.13. The summed E-state index contributed by atoms with van der Waals surface area (Å²) in [7, 11) is 1.84. The first-order valence-corrected chi connectivity index (χ1v) is 5.11. The molecule has 1 aromatic heterocycles. The minimum atomic E-state index is 0.0744. The summed E-state index contributed by atoms with van der Waals surface area (Å²) in [5, 5.41) is 4.06. The Hall–Kier alpha value is -1.36. The van der Waals surface area contributed by atoms with Crippen LogP contribution in [0.25, 0.3) is 0 Å². The zero-order valence-corrected chi connectivity index (χ0v) is 9.10. The third-order valence-corrected chi connectivity index (χ3v) is 3.04. The molecule has 1 saturated heterocycles. The number of nitrogens with zero attached hydrogens (tertiary/aromatic N) is 3. The molecule has 5 nitrogen and oxygen atoms in total. The van der Waals surface area contributed by atoms with Crippen LogP contribution in [0.1, 0.15) is 16.1 Å². The zero-order valence-electron chi connectivity index (χ0n) is 9.10. The number of aryl methyl sites for hydroxylation is 1. The van der Waals surface area contributed by atoms with Gasteiger partial charge in [-0.25, -0.2) is 0 Å². The molecule has 0 unspecified atom stereocenters. The van der Waals surface area contributed by atoms with Gasteiger partial charge in [-0.2, -0.15) is 5.10 Å². The van der Waals surface area contributed by atoms with Crippen molar-refractivity contribution in [3.63, 3.8) is 0 Å². The molecular weight excluding hydrogens is 192 g/mol. The summed E-state index contributed by atoms with van der Waals surface area (Å²) >= 11 is 0. The molecule has 0 saturated carbocycles. The average molecular weight is 208 g/mol. The second-order valence-corrected chi connectivity index (χ2v) is 4.08. The van der Waals surface area contributed by atoms with Crippen LogP contribution in [0, 0.1) is 12.8 Å². The lowest BCUT2D eigenvalue weighted by molar-refractivity contribution is 0.0514. The van der Waals surface area contributed by atoms with E-state index in [4.69, 9.17) is 5.73 Å². The largest absolute Gasteiger partial charge is 0.338 e. The predicted molar refractivity (Wildman–Crippen MR) is 56.4 cm³/mol. The first-order valence-electron chi connectivity index (χ1n) is 5.11. The molecule has 1 aliphatic heterocycles. The van der Waals surface area contributed by atoms with E-state index in [2.05, 4.69) is 5.10 Å². The lowest BCUT2D eigenvalue weighted by Crippen LogP contribution is -2.52. The van der Waals surface area contributed by atoms with Crippen molar-refractivity contribution in [3.05, 3.63) is 17.5 Å². The van der Waals surface area contributed by atoms with Gasteiger partial charge >= 0.3 is 0 Å². The predicted octanol–water partition coefficient (Wildman–Crippen LogP) is -0.241. The van der Waals surface area contributed by atoms with E-state index in [0.717, 1.165) is 18.8 Å². The Bertz CT molecular complexity index is 379. The Kier molecular flexibility index (Phi) is 2.48. The van der Waals surface area contributed by atoms with Crippen molar-refractivity contribution >= 4 is 5.91 Å². The van der Waals surface area contributed by atoms with Crippen molar-refractivity contribution in [2.45, 2.75) is 6.92 Å². The highest BCUT2D eigenvalue weighted by atomic mass is 16.2. The fourth-order valence-corrected chi connectivity index (χ4v) is 1.76. The quantitative estimate of drug-likeness (QED) is 0.729. The van der Waals surface area contributed by atoms with Crippen molar-refractivity contribution in [1.82, 2.24) is 14.7 Å². The van der Waals surface area contributed by atoms with Gasteiger partial charge in [-0.3, -0.25) is 9.48 Å². The smallest absolute Gasteiger partial charge is 0.257 e. The molecule has 0 aliphatic carbocycles. The van der Waals surface area contributed by atoms with Crippen LogP contribution >= 0.6 is 0 Å². The number of hydrogen-bond acceptors (Lipinski definition) is 3. The van der Waals surface area contributed by atoms with E-state index in [9.17, 15) is 4.79 Å². The van der Waals surface area contributed by atoms with Gasteiger partial charge in [0.1, 0.15) is 0 Å². The zero-order chi connectivity index (χ0) is 11.0. The normalized spacial score (nSPS) is 16.6. The maximum Gasteiger partial charge on any atom is 0.257 e. The van der Waals surface area contributed by atoms with Crippen molar-refractivity contribution in [2.75, 3.05) is 19.6 Å². The second kappa shape index (κ2) is 3.66. The van der Waals surface area contributed by atoms with Crippen LogP contribution in [0.4, 0.5) is 0 Å². The average Bonchev–Trinajstić information content (AvgIpc) is 2.46. The van der Waals surface area contributed by atoms with E-state index in [1.54, 1.807) is 10.9 Å². The van der Waals surface area contributed by atoms with Crippen LogP contribution in [0.3, 0.4) is 0 Å². The lowest BCUT2D eigenvalue weighted by Gasteiger charge is -2.38. The van der Waals surface area contributed by atoms with Crippen molar-refractivity contribution in [1.29, 1.82) is 0 Å². The molecular formula is C10H16N4O. The van der Waals surface area contributed by atoms with Gasteiger partial charge in [0.15, 0.2) is 0 Å². The Morgan fingerprint density at radius 1 is 1.67 bits per heavy atom. The number of aromatic nitrogens is 2. The van der Waals surface area contributed by atoms with Crippen LogP contribution in [0.15, 0.2) is 6.20 Å². The number of likely N-dealkylation sites (tertiary alicyclic amines) is 1. The number of carbonyl (C=O) groups is 1. The third-order valence-electron chi connectivity index (χ3n) is 3.04. The molecule has 2 N–H and O–H groups in total. The van der Waals surface area contributed by atoms with Gasteiger partial charge in [-0.15, -0.1) is 0 Å². The summed E-state index contributed by atoms with van der Waals surface area (Å²) in [6, 6.07) is 0. The number of rotatable bonds is 2. The lowest BCUT2D eigenvalue weighted by atomic mass is 9.99. The van der Waals surface area contributed by atoms with Crippen LogP contribution in [0.5, 0.6) is 0 Å². The molecule has 0 atom stereocenters. The van der Waals surface area contributed by atoms with E-state index in [-0.39, 0.29) is 5.91 Å². The van der Waals surface area contributed by atoms with Gasteiger partial charge in [0.05, 0.1) is 11.8 Å². The van der Waals surface area contributed by atoms with Crippen LogP contribution in [-0.4, -0.2) is 40.2 Å². The molecule has 0 bridgehead atoms. The van der Waals surface area contributed by atoms with Crippen molar-refractivity contribution in [3.8, 4) is 0 Å². The Labute approximate surface area is 88.8 Å². The van der Waals surface area contributed by atoms with Gasteiger partial charge in [0.2, 0.25) is 0 Å². The summed E-state index contributed by atoms with van der Waals surface area (Å²) in [4.78, 5) is 13.8. The minimum Gasteiger partial charge on any atom is -0.338 e. The number of hydrogen-bond donors (Lipinski definition) is 1. The summed E-state index contributed by atoms with van der Waals surface area (Å²) in [5.74, 6) is 0.552. The van der Waals surface area contributed by atoms with E-state index in [0.29, 0.717) is 18.0 Å². The fraction of sp³-hybridized carbons (Fsp3) is 0.600. The molecule has 2 rings (SSSR count). The van der Waals surface area contributed by atoms with Crippen molar-refractivity contribution < 1.29 is 4.79 Å². The van der Waals surface area contributed by atoms with E-state index in [1.165, 1.54) is 0 Å². The standard InChI is InChI=1S/C10H16N4O/c1-7-9(4-12-13(7)2)10(15)14-5-8(3-11)6-14/h4,8H,3,5-6,11H2,1-2H3. The second-order valence-electron chi connectivity index (χ2n) is 4.08. The Morgan fingerprint density at radius 3 is 2.80 bits per heavy atom. The third kappa shape index (κ3) is 1.63. The van der Waals surface area contributed by atoms with Gasteiger partial charge in [-0.05, 0) is 13.5 Å².